The molecule has 7 heteroatoms. The van der Waals surface area contributed by atoms with Gasteiger partial charge in [0.15, 0.2) is 0 Å². The van der Waals surface area contributed by atoms with Crippen LogP contribution in [0.4, 0.5) is 4.79 Å². The van der Waals surface area contributed by atoms with E-state index in [2.05, 4.69) is 10.3 Å². The highest BCUT2D eigenvalue weighted by atomic mass is 32.1. The van der Waals surface area contributed by atoms with Gasteiger partial charge >= 0.3 is 12.0 Å². The number of carboxylic acids is 1. The van der Waals surface area contributed by atoms with E-state index < -0.39 is 11.5 Å². The van der Waals surface area contributed by atoms with Crippen LogP contribution in [0.5, 0.6) is 0 Å². The van der Waals surface area contributed by atoms with Gasteiger partial charge in [-0.1, -0.05) is 6.92 Å². The number of thiazole rings is 1. The Morgan fingerprint density at radius 3 is 2.55 bits per heavy atom. The van der Waals surface area contributed by atoms with Gasteiger partial charge in [0.1, 0.15) is 11.6 Å². The van der Waals surface area contributed by atoms with Crippen LogP contribution in [0, 0.1) is 0 Å². The highest BCUT2D eigenvalue weighted by Crippen LogP contribution is 2.20. The van der Waals surface area contributed by atoms with Crippen molar-refractivity contribution >= 4 is 23.3 Å². The molecule has 0 saturated carbocycles. The standard InChI is InChI=1S/C13H21N3O3S/c1-5-9(11-14-6-7-20-11)15-12(19)16(8-10(17)18)13(2,3)4/h6-7,9H,5,8H2,1-4H3,(H,15,19)(H,17,18). The predicted octanol–water partition coefficient (Wildman–Crippen LogP) is 2.49. The summed E-state index contributed by atoms with van der Waals surface area (Å²) in [6.45, 7) is 7.04. The number of hydrogen-bond acceptors (Lipinski definition) is 4. The number of hydrogen-bond donors (Lipinski definition) is 2. The minimum absolute atomic E-state index is 0.193. The lowest BCUT2D eigenvalue weighted by molar-refractivity contribution is -0.138. The summed E-state index contributed by atoms with van der Waals surface area (Å²) < 4.78 is 0. The molecule has 0 fully saturated rings. The first-order chi connectivity index (χ1) is 9.25. The monoisotopic (exact) mass is 299 g/mol. The third kappa shape index (κ3) is 4.48. The van der Waals surface area contributed by atoms with Crippen LogP contribution in [0.1, 0.15) is 45.2 Å². The molecule has 1 unspecified atom stereocenters. The second-order valence-corrected chi connectivity index (χ2v) is 6.36. The Balaban J connectivity index is 2.82. The smallest absolute Gasteiger partial charge is 0.323 e. The predicted molar refractivity (Wildman–Crippen MR) is 77.8 cm³/mol. The lowest BCUT2D eigenvalue weighted by Crippen LogP contribution is -2.53. The van der Waals surface area contributed by atoms with Crippen molar-refractivity contribution in [3.8, 4) is 0 Å². The summed E-state index contributed by atoms with van der Waals surface area (Å²) in [4.78, 5) is 28.7. The van der Waals surface area contributed by atoms with Gasteiger partial charge in [-0.05, 0) is 27.2 Å². The van der Waals surface area contributed by atoms with Crippen molar-refractivity contribution in [2.45, 2.75) is 45.7 Å². The molecule has 0 bridgehead atoms. The van der Waals surface area contributed by atoms with Crippen molar-refractivity contribution in [1.82, 2.24) is 15.2 Å². The fourth-order valence-corrected chi connectivity index (χ4v) is 2.49. The van der Waals surface area contributed by atoms with Crippen LogP contribution >= 0.6 is 11.3 Å². The molecule has 0 aliphatic rings. The molecule has 2 N–H and O–H groups in total. The van der Waals surface area contributed by atoms with Crippen LogP contribution in [-0.4, -0.2) is 39.1 Å². The molecule has 1 atom stereocenters. The summed E-state index contributed by atoms with van der Waals surface area (Å²) in [5.74, 6) is -1.03. The minimum atomic E-state index is -1.03. The molecule has 6 nitrogen and oxygen atoms in total. The molecular formula is C13H21N3O3S. The Morgan fingerprint density at radius 1 is 1.50 bits per heavy atom. The van der Waals surface area contributed by atoms with Gasteiger partial charge in [0.05, 0.1) is 6.04 Å². The van der Waals surface area contributed by atoms with E-state index in [0.717, 1.165) is 5.01 Å². The third-order valence-corrected chi connectivity index (χ3v) is 3.69. The van der Waals surface area contributed by atoms with E-state index in [0.29, 0.717) is 6.42 Å². The number of carboxylic acid groups (broad SMARTS) is 1. The molecule has 0 radical (unpaired) electrons. The van der Waals surface area contributed by atoms with Gasteiger partial charge in [-0.25, -0.2) is 9.78 Å². The average molecular weight is 299 g/mol. The van der Waals surface area contributed by atoms with Crippen LogP contribution in [0.15, 0.2) is 11.6 Å². The summed E-state index contributed by atoms with van der Waals surface area (Å²) in [5.41, 5.74) is -0.566. The number of urea groups is 1. The number of nitrogens with zero attached hydrogens (tertiary/aromatic N) is 2. The fraction of sp³-hybridized carbons (Fsp3) is 0.615. The van der Waals surface area contributed by atoms with Gasteiger partial charge in [-0.15, -0.1) is 11.3 Å². The Kier molecular flexibility index (Phi) is 5.50. The number of aliphatic carboxylic acids is 1. The van der Waals surface area contributed by atoms with Gasteiger partial charge < -0.3 is 15.3 Å². The van der Waals surface area contributed by atoms with Gasteiger partial charge in [0.2, 0.25) is 0 Å². The molecule has 0 aliphatic heterocycles. The molecule has 1 rings (SSSR count). The number of carbonyl (C=O) groups is 2. The zero-order valence-electron chi connectivity index (χ0n) is 12.2. The zero-order chi connectivity index (χ0) is 15.3. The Hall–Kier alpha value is -1.63. The molecule has 1 aromatic rings. The van der Waals surface area contributed by atoms with E-state index in [4.69, 9.17) is 5.11 Å². The highest BCUT2D eigenvalue weighted by Gasteiger charge is 2.30. The van der Waals surface area contributed by atoms with Crippen molar-refractivity contribution in [3.63, 3.8) is 0 Å². The number of rotatable bonds is 5. The van der Waals surface area contributed by atoms with Crippen LogP contribution in [0.2, 0.25) is 0 Å². The maximum absolute atomic E-state index is 12.3. The second-order valence-electron chi connectivity index (χ2n) is 5.43. The van der Waals surface area contributed by atoms with Crippen molar-refractivity contribution in [3.05, 3.63) is 16.6 Å². The van der Waals surface area contributed by atoms with Gasteiger partial charge in [0.25, 0.3) is 0 Å². The van der Waals surface area contributed by atoms with Gasteiger partial charge in [-0.2, -0.15) is 0 Å². The molecule has 0 saturated heterocycles. The number of nitrogens with one attached hydrogen (secondary N) is 1. The highest BCUT2D eigenvalue weighted by molar-refractivity contribution is 7.09. The van der Waals surface area contributed by atoms with E-state index in [-0.39, 0.29) is 18.6 Å². The Bertz CT molecular complexity index is 454. The Labute approximate surface area is 122 Å². The second kappa shape index (κ2) is 6.69. The van der Waals surface area contributed by atoms with Crippen molar-refractivity contribution in [2.75, 3.05) is 6.54 Å². The maximum Gasteiger partial charge on any atom is 0.323 e. The van der Waals surface area contributed by atoms with E-state index >= 15 is 0 Å². The molecule has 1 aromatic heterocycles. The average Bonchev–Trinajstić information content (AvgIpc) is 2.84. The summed E-state index contributed by atoms with van der Waals surface area (Å²) in [6.07, 6.45) is 2.39. The first kappa shape index (κ1) is 16.4. The minimum Gasteiger partial charge on any atom is -0.480 e. The van der Waals surface area contributed by atoms with Crippen LogP contribution < -0.4 is 5.32 Å². The topological polar surface area (TPSA) is 82.5 Å². The van der Waals surface area contributed by atoms with Crippen molar-refractivity contribution < 1.29 is 14.7 Å². The van der Waals surface area contributed by atoms with Crippen molar-refractivity contribution in [1.29, 1.82) is 0 Å². The molecule has 0 aliphatic carbocycles. The molecular weight excluding hydrogens is 278 g/mol. The number of aromatic nitrogens is 1. The number of amides is 2. The molecule has 2 amide bonds. The van der Waals surface area contributed by atoms with Crippen molar-refractivity contribution in [2.24, 2.45) is 0 Å². The summed E-state index contributed by atoms with van der Waals surface area (Å²) in [6, 6.07) is -0.580. The third-order valence-electron chi connectivity index (χ3n) is 2.80. The van der Waals surface area contributed by atoms with E-state index in [1.165, 1.54) is 16.2 Å². The van der Waals surface area contributed by atoms with E-state index in [1.54, 1.807) is 27.0 Å². The molecule has 0 spiro atoms. The van der Waals surface area contributed by atoms with Gasteiger partial charge in [-0.3, -0.25) is 4.79 Å². The van der Waals surface area contributed by atoms with E-state index in [9.17, 15) is 9.59 Å². The normalized spacial score (nSPS) is 12.8. The summed E-state index contributed by atoms with van der Waals surface area (Å²) in [5, 5.41) is 14.5. The molecule has 1 heterocycles. The molecule has 112 valence electrons. The van der Waals surface area contributed by atoms with Crippen LogP contribution in [0.3, 0.4) is 0 Å². The van der Waals surface area contributed by atoms with E-state index in [1.807, 2.05) is 12.3 Å². The molecule has 20 heavy (non-hydrogen) atoms. The lowest BCUT2D eigenvalue weighted by atomic mass is 10.1. The van der Waals surface area contributed by atoms with Gasteiger partial charge in [0, 0.05) is 17.1 Å². The fourth-order valence-electron chi connectivity index (χ4n) is 1.72. The lowest BCUT2D eigenvalue weighted by Gasteiger charge is -2.35. The summed E-state index contributed by atoms with van der Waals surface area (Å²) >= 11 is 1.47. The summed E-state index contributed by atoms with van der Waals surface area (Å²) in [7, 11) is 0. The quantitative estimate of drug-likeness (QED) is 0.875. The SMILES string of the molecule is CCC(NC(=O)N(CC(=O)O)C(C)(C)C)c1nccs1. The largest absolute Gasteiger partial charge is 0.480 e. The zero-order valence-corrected chi connectivity index (χ0v) is 13.0. The number of carbonyl (C=O) groups excluding carboxylic acids is 1. The van der Waals surface area contributed by atoms with Crippen LogP contribution in [-0.2, 0) is 4.79 Å². The molecule has 0 aromatic carbocycles. The first-order valence-electron chi connectivity index (χ1n) is 6.45. The Morgan fingerprint density at radius 2 is 2.15 bits per heavy atom. The maximum atomic E-state index is 12.3. The first-order valence-corrected chi connectivity index (χ1v) is 7.33. The van der Waals surface area contributed by atoms with Crippen LogP contribution in [0.25, 0.3) is 0 Å².